The maximum absolute atomic E-state index is 12.4. The normalized spacial score (nSPS) is 11.5. The van der Waals surface area contributed by atoms with Gasteiger partial charge in [0.2, 0.25) is 0 Å². The molecule has 0 unspecified atom stereocenters. The second-order valence-corrected chi connectivity index (χ2v) is 4.61. The largest absolute Gasteiger partial charge is 0.294 e. The number of rotatable bonds is 5. The van der Waals surface area contributed by atoms with Crippen LogP contribution in [0.15, 0.2) is 24.3 Å². The topological polar surface area (TPSA) is 17.1 Å². The quantitative estimate of drug-likeness (QED) is 0.678. The number of halogens is 1. The molecular weight excluding hydrogens is 220 g/mol. The van der Waals surface area contributed by atoms with Crippen LogP contribution < -0.4 is 0 Å². The fraction of sp³-hybridized carbons (Fsp3) is 0.500. The highest BCUT2D eigenvalue weighted by atomic mass is 35.5. The van der Waals surface area contributed by atoms with Crippen molar-refractivity contribution in [2.24, 2.45) is 5.41 Å². The molecule has 88 valence electrons. The molecule has 0 aliphatic heterocycles. The van der Waals surface area contributed by atoms with Crippen molar-refractivity contribution in [1.29, 1.82) is 0 Å². The van der Waals surface area contributed by atoms with Gasteiger partial charge in [0, 0.05) is 16.0 Å². The van der Waals surface area contributed by atoms with Gasteiger partial charge < -0.3 is 0 Å². The summed E-state index contributed by atoms with van der Waals surface area (Å²) < 4.78 is 0. The second kappa shape index (κ2) is 5.49. The first-order chi connectivity index (χ1) is 7.59. The van der Waals surface area contributed by atoms with Crippen LogP contribution in [0.2, 0.25) is 5.02 Å². The molecule has 0 fully saturated rings. The molecule has 0 spiro atoms. The van der Waals surface area contributed by atoms with Gasteiger partial charge in [-0.1, -0.05) is 32.4 Å². The van der Waals surface area contributed by atoms with Gasteiger partial charge in [-0.15, -0.1) is 0 Å². The van der Waals surface area contributed by atoms with Gasteiger partial charge in [-0.2, -0.15) is 0 Å². The lowest BCUT2D eigenvalue weighted by Gasteiger charge is -2.28. The Hall–Kier alpha value is -0.820. The molecule has 0 heterocycles. The van der Waals surface area contributed by atoms with Crippen LogP contribution >= 0.6 is 11.6 Å². The number of carbonyl (C=O) groups excluding carboxylic acids is 1. The maximum Gasteiger partial charge on any atom is 0.168 e. The van der Waals surface area contributed by atoms with Crippen molar-refractivity contribution in [3.63, 3.8) is 0 Å². The Morgan fingerprint density at radius 2 is 1.50 bits per heavy atom. The van der Waals surface area contributed by atoms with Crippen molar-refractivity contribution in [2.45, 2.75) is 40.0 Å². The number of hydrogen-bond donors (Lipinski definition) is 0. The predicted octanol–water partition coefficient (Wildman–Crippen LogP) is 4.74. The molecule has 1 nitrogen and oxygen atoms in total. The Bertz CT molecular complexity index is 341. The van der Waals surface area contributed by atoms with E-state index in [0.717, 1.165) is 24.8 Å². The van der Waals surface area contributed by atoms with Crippen LogP contribution in [-0.2, 0) is 0 Å². The highest BCUT2D eigenvalue weighted by Gasteiger charge is 2.33. The first kappa shape index (κ1) is 13.2. The molecule has 0 atom stereocenters. The van der Waals surface area contributed by atoms with E-state index in [-0.39, 0.29) is 11.2 Å². The Balaban J connectivity index is 3.04. The van der Waals surface area contributed by atoms with Crippen molar-refractivity contribution in [3.8, 4) is 0 Å². The van der Waals surface area contributed by atoms with Crippen molar-refractivity contribution >= 4 is 17.4 Å². The molecule has 1 aromatic carbocycles. The molecule has 0 saturated carbocycles. The zero-order chi connectivity index (χ0) is 12.2. The zero-order valence-corrected chi connectivity index (χ0v) is 11.0. The average molecular weight is 239 g/mol. The smallest absolute Gasteiger partial charge is 0.168 e. The first-order valence-electron chi connectivity index (χ1n) is 5.90. The molecule has 0 N–H and O–H groups in total. The van der Waals surface area contributed by atoms with Crippen LogP contribution in [0.1, 0.15) is 50.4 Å². The molecule has 0 aliphatic carbocycles. The minimum Gasteiger partial charge on any atom is -0.294 e. The number of Topliss-reactive ketones (excluding diaryl/α,β-unsaturated/α-hetero) is 1. The number of ketones is 1. The van der Waals surface area contributed by atoms with Gasteiger partial charge in [-0.05, 0) is 43.5 Å². The highest BCUT2D eigenvalue weighted by molar-refractivity contribution is 6.30. The summed E-state index contributed by atoms with van der Waals surface area (Å²) in [5, 5.41) is 0.673. The number of carbonyl (C=O) groups is 1. The molecule has 0 aliphatic rings. The molecule has 0 bridgehead atoms. The summed E-state index contributed by atoms with van der Waals surface area (Å²) in [7, 11) is 0. The third-order valence-corrected chi connectivity index (χ3v) is 3.87. The first-order valence-corrected chi connectivity index (χ1v) is 6.27. The van der Waals surface area contributed by atoms with E-state index in [0.29, 0.717) is 5.02 Å². The van der Waals surface area contributed by atoms with Crippen LogP contribution in [-0.4, -0.2) is 5.78 Å². The minimum atomic E-state index is -0.201. The molecule has 0 amide bonds. The van der Waals surface area contributed by atoms with E-state index >= 15 is 0 Å². The van der Waals surface area contributed by atoms with Crippen LogP contribution in [0, 0.1) is 5.41 Å². The van der Waals surface area contributed by atoms with Crippen molar-refractivity contribution in [1.82, 2.24) is 0 Å². The number of hydrogen-bond acceptors (Lipinski definition) is 1. The van der Waals surface area contributed by atoms with Crippen molar-refractivity contribution < 1.29 is 4.79 Å². The third kappa shape index (κ3) is 2.46. The monoisotopic (exact) mass is 238 g/mol. The predicted molar refractivity (Wildman–Crippen MR) is 69.1 cm³/mol. The zero-order valence-electron chi connectivity index (χ0n) is 10.2. The van der Waals surface area contributed by atoms with Crippen molar-refractivity contribution in [2.75, 3.05) is 0 Å². The van der Waals surface area contributed by atoms with Gasteiger partial charge in [0.1, 0.15) is 0 Å². The molecule has 0 radical (unpaired) electrons. The summed E-state index contributed by atoms with van der Waals surface area (Å²) in [6.45, 7) is 6.25. The molecular formula is C14H19ClO. The van der Waals surface area contributed by atoms with Gasteiger partial charge in [0.15, 0.2) is 5.78 Å². The Morgan fingerprint density at radius 3 is 1.88 bits per heavy atom. The van der Waals surface area contributed by atoms with E-state index in [2.05, 4.69) is 20.8 Å². The summed E-state index contributed by atoms with van der Waals surface area (Å²) in [6, 6.07) is 7.20. The van der Waals surface area contributed by atoms with Gasteiger partial charge in [-0.3, -0.25) is 4.79 Å². The summed E-state index contributed by atoms with van der Waals surface area (Å²) in [5.74, 6) is 0.247. The summed E-state index contributed by atoms with van der Waals surface area (Å²) in [6.07, 6.45) is 2.67. The lowest BCUT2D eigenvalue weighted by molar-refractivity contribution is 0.0766. The maximum atomic E-state index is 12.4. The van der Waals surface area contributed by atoms with E-state index in [9.17, 15) is 4.79 Å². The van der Waals surface area contributed by atoms with E-state index in [4.69, 9.17) is 11.6 Å². The SMILES string of the molecule is CCC(CC)(CC)C(=O)c1ccc(Cl)cc1. The number of benzene rings is 1. The lowest BCUT2D eigenvalue weighted by Crippen LogP contribution is -2.29. The van der Waals surface area contributed by atoms with E-state index in [1.807, 2.05) is 12.1 Å². The van der Waals surface area contributed by atoms with Crippen LogP contribution in [0.5, 0.6) is 0 Å². The molecule has 0 aromatic heterocycles. The van der Waals surface area contributed by atoms with Crippen LogP contribution in [0.3, 0.4) is 0 Å². The van der Waals surface area contributed by atoms with Gasteiger partial charge in [0.05, 0.1) is 0 Å². The molecule has 2 heteroatoms. The molecule has 16 heavy (non-hydrogen) atoms. The molecule has 1 rings (SSSR count). The average Bonchev–Trinajstić information content (AvgIpc) is 2.33. The lowest BCUT2D eigenvalue weighted by atomic mass is 9.74. The summed E-state index contributed by atoms with van der Waals surface area (Å²) >= 11 is 5.82. The fourth-order valence-electron chi connectivity index (χ4n) is 2.14. The second-order valence-electron chi connectivity index (χ2n) is 4.18. The third-order valence-electron chi connectivity index (χ3n) is 3.62. The minimum absolute atomic E-state index is 0.201. The van der Waals surface area contributed by atoms with Crippen LogP contribution in [0.25, 0.3) is 0 Å². The van der Waals surface area contributed by atoms with Gasteiger partial charge in [-0.25, -0.2) is 0 Å². The summed E-state index contributed by atoms with van der Waals surface area (Å²) in [4.78, 5) is 12.4. The molecule has 1 aromatic rings. The Labute approximate surface area is 103 Å². The van der Waals surface area contributed by atoms with Gasteiger partial charge >= 0.3 is 0 Å². The van der Waals surface area contributed by atoms with E-state index in [1.165, 1.54) is 0 Å². The van der Waals surface area contributed by atoms with Crippen LogP contribution in [0.4, 0.5) is 0 Å². The Morgan fingerprint density at radius 1 is 1.06 bits per heavy atom. The molecule has 0 saturated heterocycles. The highest BCUT2D eigenvalue weighted by Crippen LogP contribution is 2.34. The standard InChI is InChI=1S/C14H19ClO/c1-4-14(5-2,6-3)13(16)11-7-9-12(15)10-8-11/h7-10H,4-6H2,1-3H3. The van der Waals surface area contributed by atoms with Crippen molar-refractivity contribution in [3.05, 3.63) is 34.9 Å². The summed E-state index contributed by atoms with van der Waals surface area (Å²) in [5.41, 5.74) is 0.573. The Kier molecular flexibility index (Phi) is 4.55. The van der Waals surface area contributed by atoms with E-state index in [1.54, 1.807) is 12.1 Å². The van der Waals surface area contributed by atoms with Gasteiger partial charge in [0.25, 0.3) is 0 Å². The fourth-order valence-corrected chi connectivity index (χ4v) is 2.27. The van der Waals surface area contributed by atoms with E-state index < -0.39 is 0 Å².